The van der Waals surface area contributed by atoms with E-state index in [1.165, 1.54) is 0 Å². The Morgan fingerprint density at radius 1 is 0.789 bits per heavy atom. The smallest absolute Gasteiger partial charge is 0.295 e. The molecule has 112 valence electrons. The van der Waals surface area contributed by atoms with E-state index < -0.39 is 35.2 Å². The fourth-order valence-electron chi connectivity index (χ4n) is 0.821. The Balaban J connectivity index is 5.45. The molecule has 0 fully saturated rings. The average molecular weight is 295 g/mol. The van der Waals surface area contributed by atoms with E-state index in [-0.39, 0.29) is 19.2 Å². The number of rotatable bonds is 6. The number of nitrogens with two attached hydrogens (primary N) is 2. The third-order valence-electron chi connectivity index (χ3n) is 2.25. The van der Waals surface area contributed by atoms with Crippen molar-refractivity contribution < 1.29 is 35.9 Å². The van der Waals surface area contributed by atoms with Crippen LogP contribution in [0.2, 0.25) is 0 Å². The molecule has 0 aliphatic heterocycles. The Morgan fingerprint density at radius 2 is 1.00 bits per heavy atom. The minimum atomic E-state index is -5.37. The first-order valence-corrected chi connectivity index (χ1v) is 4.62. The van der Waals surface area contributed by atoms with E-state index in [2.05, 4.69) is 11.5 Å². The molecular formula is C8H11F6N3O2. The van der Waals surface area contributed by atoms with Gasteiger partial charge in [-0.3, -0.25) is 21.1 Å². The molecule has 0 aliphatic carbocycles. The summed E-state index contributed by atoms with van der Waals surface area (Å²) in [6, 6.07) is -10.7. The van der Waals surface area contributed by atoms with Crippen LogP contribution in [0.15, 0.2) is 0 Å². The largest absolute Gasteiger partial charge is 0.361 e. The van der Waals surface area contributed by atoms with Crippen LogP contribution < -0.4 is 16.8 Å². The van der Waals surface area contributed by atoms with Gasteiger partial charge in [0.25, 0.3) is 11.6 Å². The second-order valence-corrected chi connectivity index (χ2v) is 3.81. The summed E-state index contributed by atoms with van der Waals surface area (Å²) >= 11 is 0. The monoisotopic (exact) mass is 295 g/mol. The summed E-state index contributed by atoms with van der Waals surface area (Å²) in [7, 11) is 0. The number of hydrogen-bond donors (Lipinski definition) is 3. The number of nitrogens with one attached hydrogen (secondary N) is 1. The predicted molar refractivity (Wildman–Crippen MR) is 50.4 cm³/mol. The van der Waals surface area contributed by atoms with Crippen molar-refractivity contribution in [2.24, 2.45) is 11.5 Å². The first kappa shape index (κ1) is 17.8. The molecule has 0 aromatic rings. The zero-order valence-electron chi connectivity index (χ0n) is 9.74. The Bertz CT molecular complexity index is 360. The van der Waals surface area contributed by atoms with Gasteiger partial charge >= 0.3 is 12.1 Å². The summed E-state index contributed by atoms with van der Waals surface area (Å²) in [5, 5.41) is -0.133. The summed E-state index contributed by atoms with van der Waals surface area (Å²) in [4.78, 5) is 21.0. The van der Waals surface area contributed by atoms with Gasteiger partial charge in [-0.05, 0) is 13.8 Å². The van der Waals surface area contributed by atoms with Gasteiger partial charge in [0.1, 0.15) is 0 Å². The summed E-state index contributed by atoms with van der Waals surface area (Å²) in [5.41, 5.74) is 8.51. The molecule has 5 N–H and O–H groups in total. The van der Waals surface area contributed by atoms with E-state index in [9.17, 15) is 35.9 Å². The van der Waals surface area contributed by atoms with E-state index in [0.29, 0.717) is 0 Å². The average Bonchev–Trinajstić information content (AvgIpc) is 2.14. The van der Waals surface area contributed by atoms with Crippen molar-refractivity contribution in [1.82, 2.24) is 5.32 Å². The van der Waals surface area contributed by atoms with Gasteiger partial charge in [0.2, 0.25) is 0 Å². The normalized spacial score (nSPS) is 19.5. The number of alkyl halides is 6. The lowest BCUT2D eigenvalue weighted by atomic mass is 10.1. The van der Waals surface area contributed by atoms with E-state index >= 15 is 0 Å². The number of Topliss-reactive ketones (excluding diaryl/α,β-unsaturated/α-hetero) is 2. The Hall–Kier alpha value is -1.20. The van der Waals surface area contributed by atoms with Gasteiger partial charge in [-0.15, -0.1) is 0 Å². The quantitative estimate of drug-likeness (QED) is 0.480. The molecule has 0 radical (unpaired) electrons. The molecule has 0 saturated carbocycles. The Morgan fingerprint density at radius 3 is 1.16 bits per heavy atom. The summed E-state index contributed by atoms with van der Waals surface area (Å²) in [6.07, 6.45) is 0. The van der Waals surface area contributed by atoms with Gasteiger partial charge in [-0.1, -0.05) is 0 Å². The highest BCUT2D eigenvalue weighted by Crippen LogP contribution is 2.34. The third kappa shape index (κ3) is 3.04. The van der Waals surface area contributed by atoms with E-state index in [1.807, 2.05) is 0 Å². The minimum absolute atomic E-state index is 0.133. The minimum Gasteiger partial charge on any atom is -0.295 e. The van der Waals surface area contributed by atoms with Crippen LogP contribution >= 0.6 is 0 Å². The Kier molecular flexibility index (Phi) is 4.42. The molecule has 0 aromatic heterocycles. The summed E-state index contributed by atoms with van der Waals surface area (Å²) in [6.45, 7) is 0.535. The van der Waals surface area contributed by atoms with E-state index in [0.717, 1.165) is 0 Å². The molecule has 5 nitrogen and oxygen atoms in total. The molecule has 0 heterocycles. The predicted octanol–water partition coefficient (Wildman–Crippen LogP) is 0.189. The first-order valence-electron chi connectivity index (χ1n) is 4.62. The SMILES string of the molecule is CC(=O)C(N)(F)C(F)(F)NC(F)(F)C(N)(F)C(C)=O. The molecule has 0 rings (SSSR count). The molecule has 2 atom stereocenters. The lowest BCUT2D eigenvalue weighted by Gasteiger charge is -2.35. The molecule has 0 saturated heterocycles. The highest BCUT2D eigenvalue weighted by Gasteiger charge is 2.66. The highest BCUT2D eigenvalue weighted by molar-refractivity contribution is 5.86. The molecular weight excluding hydrogens is 284 g/mol. The number of carbonyl (C=O) groups is 2. The molecule has 0 bridgehead atoms. The van der Waals surface area contributed by atoms with Gasteiger partial charge in [0.05, 0.1) is 0 Å². The lowest BCUT2D eigenvalue weighted by molar-refractivity contribution is -0.244. The van der Waals surface area contributed by atoms with Gasteiger partial charge in [0.15, 0.2) is 11.6 Å². The zero-order valence-corrected chi connectivity index (χ0v) is 9.74. The van der Waals surface area contributed by atoms with Crippen LogP contribution in [0.4, 0.5) is 26.3 Å². The number of hydrogen-bond acceptors (Lipinski definition) is 5. The van der Waals surface area contributed by atoms with Crippen LogP contribution in [0, 0.1) is 0 Å². The molecule has 0 aromatic carbocycles. The fraction of sp³-hybridized carbons (Fsp3) is 0.750. The highest BCUT2D eigenvalue weighted by atomic mass is 19.3. The maximum Gasteiger partial charge on any atom is 0.361 e. The third-order valence-corrected chi connectivity index (χ3v) is 2.25. The van der Waals surface area contributed by atoms with Crippen molar-refractivity contribution in [3.63, 3.8) is 0 Å². The second-order valence-electron chi connectivity index (χ2n) is 3.81. The van der Waals surface area contributed by atoms with Crippen LogP contribution in [0.5, 0.6) is 0 Å². The van der Waals surface area contributed by atoms with Crippen molar-refractivity contribution in [3.05, 3.63) is 0 Å². The zero-order chi connectivity index (χ0) is 15.9. The number of ketones is 2. The molecule has 19 heavy (non-hydrogen) atoms. The van der Waals surface area contributed by atoms with Crippen molar-refractivity contribution in [1.29, 1.82) is 0 Å². The standard InChI is InChI=1S/C8H11F6N3O2/c1-3(18)5(9,15)7(11,12)17-8(13,14)6(10,16)4(2)19/h17H,15-16H2,1-2H3. The van der Waals surface area contributed by atoms with Gasteiger partial charge in [-0.25, -0.2) is 8.78 Å². The number of carbonyl (C=O) groups excluding carboxylic acids is 2. The molecule has 0 amide bonds. The summed E-state index contributed by atoms with van der Waals surface area (Å²) < 4.78 is 78.7. The topological polar surface area (TPSA) is 98.2 Å². The summed E-state index contributed by atoms with van der Waals surface area (Å²) in [5.74, 6) is -13.1. The first-order chi connectivity index (χ1) is 8.09. The molecule has 0 aliphatic rings. The van der Waals surface area contributed by atoms with Crippen molar-refractivity contribution >= 4 is 11.6 Å². The van der Waals surface area contributed by atoms with Crippen LogP contribution in [0.25, 0.3) is 0 Å². The van der Waals surface area contributed by atoms with Crippen molar-refractivity contribution in [3.8, 4) is 0 Å². The van der Waals surface area contributed by atoms with E-state index in [4.69, 9.17) is 0 Å². The van der Waals surface area contributed by atoms with Crippen molar-refractivity contribution in [2.75, 3.05) is 0 Å². The molecule has 0 spiro atoms. The Labute approximate surface area is 103 Å². The maximum atomic E-state index is 13.1. The van der Waals surface area contributed by atoms with Crippen LogP contribution in [0.1, 0.15) is 13.8 Å². The lowest BCUT2D eigenvalue weighted by Crippen LogP contribution is -2.73. The fourth-order valence-corrected chi connectivity index (χ4v) is 0.821. The van der Waals surface area contributed by atoms with Crippen LogP contribution in [-0.4, -0.2) is 35.2 Å². The van der Waals surface area contributed by atoms with Gasteiger partial charge in [0, 0.05) is 0 Å². The van der Waals surface area contributed by atoms with Crippen molar-refractivity contribution in [2.45, 2.75) is 37.5 Å². The van der Waals surface area contributed by atoms with Crippen LogP contribution in [0.3, 0.4) is 0 Å². The van der Waals surface area contributed by atoms with Gasteiger partial charge < -0.3 is 0 Å². The molecule has 2 unspecified atom stereocenters. The maximum absolute atomic E-state index is 13.1. The van der Waals surface area contributed by atoms with E-state index in [1.54, 1.807) is 0 Å². The van der Waals surface area contributed by atoms with Crippen LogP contribution in [-0.2, 0) is 9.59 Å². The van der Waals surface area contributed by atoms with Gasteiger partial charge in [-0.2, -0.15) is 22.9 Å². The number of halogens is 6. The second kappa shape index (κ2) is 4.72. The molecule has 11 heteroatoms.